The van der Waals surface area contributed by atoms with Crippen LogP contribution in [0.1, 0.15) is 12.8 Å². The number of hydrogen-bond acceptors (Lipinski definition) is 6. The summed E-state index contributed by atoms with van der Waals surface area (Å²) in [6.45, 7) is 4.82. The Labute approximate surface area is 224 Å². The summed E-state index contributed by atoms with van der Waals surface area (Å²) in [6, 6.07) is 11.4. The van der Waals surface area contributed by atoms with E-state index in [0.29, 0.717) is 27.9 Å². The number of hydrogen-bond donors (Lipinski definition) is 0. The van der Waals surface area contributed by atoms with Crippen molar-refractivity contribution >= 4 is 68.2 Å². The van der Waals surface area contributed by atoms with Crippen molar-refractivity contribution < 1.29 is 18.7 Å². The quantitative estimate of drug-likeness (QED) is 0.428. The average molecular weight is 553 g/mol. The zero-order chi connectivity index (χ0) is 24.4. The largest absolute Gasteiger partial charge is 0.379 e. The maximum Gasteiger partial charge on any atom is 0.234 e. The topological polar surface area (TPSA) is 66.0 Å². The predicted octanol–water partition coefficient (Wildman–Crippen LogP) is 4.62. The number of amides is 2. The Kier molecular flexibility index (Phi) is 8.79. The molecule has 2 amide bonds. The first kappa shape index (κ1) is 26.8. The minimum absolute atomic E-state index is 0. The summed E-state index contributed by atoms with van der Waals surface area (Å²) in [5, 5.41) is 1.14. The van der Waals surface area contributed by atoms with Gasteiger partial charge in [-0.1, -0.05) is 29.0 Å². The van der Waals surface area contributed by atoms with Crippen LogP contribution in [0.3, 0.4) is 0 Å². The third-order valence-electron chi connectivity index (χ3n) is 6.43. The molecule has 36 heavy (non-hydrogen) atoms. The summed E-state index contributed by atoms with van der Waals surface area (Å²) < 4.78 is 19.7. The number of halogens is 3. The highest BCUT2D eigenvalue weighted by Gasteiger charge is 2.38. The number of thiazole rings is 1. The molecule has 0 N–H and O–H groups in total. The van der Waals surface area contributed by atoms with E-state index < -0.39 is 5.92 Å². The monoisotopic (exact) mass is 552 g/mol. The van der Waals surface area contributed by atoms with E-state index >= 15 is 0 Å². The van der Waals surface area contributed by atoms with Gasteiger partial charge >= 0.3 is 0 Å². The number of rotatable bonds is 7. The smallest absolute Gasteiger partial charge is 0.234 e. The molecule has 5 rings (SSSR count). The molecule has 2 aliphatic rings. The van der Waals surface area contributed by atoms with Crippen LogP contribution in [0.4, 0.5) is 15.2 Å². The van der Waals surface area contributed by atoms with Crippen LogP contribution in [0.2, 0.25) is 5.02 Å². The number of para-hydroxylation sites is 1. The summed E-state index contributed by atoms with van der Waals surface area (Å²) in [4.78, 5) is 36.8. The van der Waals surface area contributed by atoms with E-state index in [1.165, 1.54) is 23.5 Å². The van der Waals surface area contributed by atoms with Crippen LogP contribution in [0.25, 0.3) is 10.2 Å². The number of fused-ring (bicyclic) bond motifs is 1. The maximum atomic E-state index is 13.8. The number of ether oxygens (including phenoxy) is 1. The number of carbonyl (C=O) groups excluding carboxylic acids is 2. The Morgan fingerprint density at radius 2 is 1.94 bits per heavy atom. The van der Waals surface area contributed by atoms with E-state index in [1.807, 2.05) is 12.1 Å². The summed E-state index contributed by atoms with van der Waals surface area (Å²) in [7, 11) is 0. The van der Waals surface area contributed by atoms with E-state index in [4.69, 9.17) is 21.3 Å². The highest BCUT2D eigenvalue weighted by molar-refractivity contribution is 7.22. The second-order valence-corrected chi connectivity index (χ2v) is 10.2. The zero-order valence-electron chi connectivity index (χ0n) is 19.6. The summed E-state index contributed by atoms with van der Waals surface area (Å²) >= 11 is 7.78. The van der Waals surface area contributed by atoms with E-state index in [9.17, 15) is 14.0 Å². The van der Waals surface area contributed by atoms with E-state index in [1.54, 1.807) is 28.0 Å². The van der Waals surface area contributed by atoms with Gasteiger partial charge < -0.3 is 9.64 Å². The highest BCUT2D eigenvalue weighted by Crippen LogP contribution is 2.35. The van der Waals surface area contributed by atoms with Crippen molar-refractivity contribution in [2.75, 3.05) is 55.7 Å². The third kappa shape index (κ3) is 5.81. The summed E-state index contributed by atoms with van der Waals surface area (Å²) in [5.74, 6) is -1.14. The normalized spacial score (nSPS) is 18.4. The van der Waals surface area contributed by atoms with Gasteiger partial charge in [-0.25, -0.2) is 9.37 Å². The maximum absolute atomic E-state index is 13.8. The van der Waals surface area contributed by atoms with Crippen LogP contribution >= 0.6 is 35.3 Å². The first-order valence-corrected chi connectivity index (χ1v) is 12.9. The van der Waals surface area contributed by atoms with E-state index in [-0.39, 0.29) is 43.0 Å². The van der Waals surface area contributed by atoms with Crippen LogP contribution in [0.15, 0.2) is 42.5 Å². The number of carbonyl (C=O) groups is 2. The molecule has 1 aromatic heterocycles. The Morgan fingerprint density at radius 1 is 1.19 bits per heavy atom. The lowest BCUT2D eigenvalue weighted by Gasteiger charge is -2.28. The average Bonchev–Trinajstić information content (AvgIpc) is 3.47. The second kappa shape index (κ2) is 11.8. The van der Waals surface area contributed by atoms with Crippen molar-refractivity contribution in [3.63, 3.8) is 0 Å². The predicted molar refractivity (Wildman–Crippen MR) is 143 cm³/mol. The van der Waals surface area contributed by atoms with Crippen LogP contribution < -0.4 is 9.80 Å². The van der Waals surface area contributed by atoms with Crippen molar-refractivity contribution in [3.05, 3.63) is 53.3 Å². The fourth-order valence-corrected chi connectivity index (χ4v) is 5.86. The Morgan fingerprint density at radius 3 is 2.67 bits per heavy atom. The Hall–Kier alpha value is -2.30. The molecule has 2 saturated heterocycles. The van der Waals surface area contributed by atoms with Crippen molar-refractivity contribution in [3.8, 4) is 0 Å². The Bertz CT molecular complexity index is 1220. The van der Waals surface area contributed by atoms with Gasteiger partial charge in [0.1, 0.15) is 11.3 Å². The molecule has 7 nitrogen and oxygen atoms in total. The molecule has 1 unspecified atom stereocenters. The summed E-state index contributed by atoms with van der Waals surface area (Å²) in [5.41, 5.74) is 1.27. The lowest BCUT2D eigenvalue weighted by Crippen LogP contribution is -2.41. The first-order valence-electron chi connectivity index (χ1n) is 11.7. The number of benzene rings is 2. The Balaban J connectivity index is 0.00000304. The van der Waals surface area contributed by atoms with Crippen molar-refractivity contribution in [2.45, 2.75) is 12.8 Å². The van der Waals surface area contributed by atoms with E-state index in [2.05, 4.69) is 4.90 Å². The van der Waals surface area contributed by atoms with Crippen molar-refractivity contribution in [1.29, 1.82) is 0 Å². The standard InChI is InChI=1S/C25H26ClFN4O3S.ClH/c26-20-3-1-4-21-23(20)28-25(35-21)30(10-2-9-29-11-13-34-14-12-29)24(33)17-15-22(32)31(16-17)19-7-5-18(27)6-8-19;/h1,3-8,17H,2,9-16H2;1H. The number of morpholine rings is 1. The zero-order valence-corrected chi connectivity index (χ0v) is 22.0. The molecule has 11 heteroatoms. The fraction of sp³-hybridized carbons (Fsp3) is 0.400. The molecule has 1 atom stereocenters. The molecular weight excluding hydrogens is 526 g/mol. The van der Waals surface area contributed by atoms with Crippen LogP contribution in [0, 0.1) is 11.7 Å². The number of anilines is 2. The molecule has 3 aromatic rings. The van der Waals surface area contributed by atoms with E-state index in [0.717, 1.165) is 44.0 Å². The van der Waals surface area contributed by atoms with Gasteiger partial charge in [0.2, 0.25) is 11.8 Å². The molecule has 0 bridgehead atoms. The van der Waals surface area contributed by atoms with Gasteiger partial charge in [-0.05, 0) is 42.8 Å². The van der Waals surface area contributed by atoms with Gasteiger partial charge in [0.05, 0.1) is 28.9 Å². The lowest BCUT2D eigenvalue weighted by molar-refractivity contribution is -0.124. The SMILES string of the molecule is Cl.O=C1CC(C(=O)N(CCCN2CCOCC2)c2nc3c(Cl)cccc3s2)CN1c1ccc(F)cc1. The van der Waals surface area contributed by atoms with Gasteiger partial charge in [-0.3, -0.25) is 19.4 Å². The second-order valence-electron chi connectivity index (χ2n) is 8.76. The van der Waals surface area contributed by atoms with Gasteiger partial charge in [0.15, 0.2) is 5.13 Å². The highest BCUT2D eigenvalue weighted by atomic mass is 35.5. The molecule has 0 aliphatic carbocycles. The van der Waals surface area contributed by atoms with Gasteiger partial charge in [0.25, 0.3) is 0 Å². The number of aromatic nitrogens is 1. The molecule has 0 spiro atoms. The van der Waals surface area contributed by atoms with Crippen LogP contribution in [0.5, 0.6) is 0 Å². The van der Waals surface area contributed by atoms with Crippen molar-refractivity contribution in [2.24, 2.45) is 5.92 Å². The molecule has 2 fully saturated rings. The summed E-state index contributed by atoms with van der Waals surface area (Å²) in [6.07, 6.45) is 0.888. The molecule has 192 valence electrons. The molecule has 2 aromatic carbocycles. The minimum atomic E-state index is -0.501. The van der Waals surface area contributed by atoms with Gasteiger partial charge in [0, 0.05) is 44.8 Å². The van der Waals surface area contributed by atoms with Crippen LogP contribution in [-0.4, -0.2) is 67.6 Å². The van der Waals surface area contributed by atoms with Crippen LogP contribution in [-0.2, 0) is 14.3 Å². The van der Waals surface area contributed by atoms with Gasteiger partial charge in [-0.15, -0.1) is 12.4 Å². The lowest BCUT2D eigenvalue weighted by atomic mass is 10.1. The molecule has 3 heterocycles. The molecule has 0 saturated carbocycles. The first-order chi connectivity index (χ1) is 17.0. The van der Waals surface area contributed by atoms with Gasteiger partial charge in [-0.2, -0.15) is 0 Å². The number of nitrogens with zero attached hydrogens (tertiary/aromatic N) is 4. The van der Waals surface area contributed by atoms with Crippen molar-refractivity contribution in [1.82, 2.24) is 9.88 Å². The molecule has 0 radical (unpaired) electrons. The third-order valence-corrected chi connectivity index (χ3v) is 7.78. The fourth-order valence-electron chi connectivity index (χ4n) is 4.56. The minimum Gasteiger partial charge on any atom is -0.379 e. The molecule has 2 aliphatic heterocycles. The molecular formula is C25H27Cl2FN4O3S.